The first-order chi connectivity index (χ1) is 16.3. The highest BCUT2D eigenvalue weighted by Gasteiger charge is 2.32. The molecule has 0 amide bonds. The fourth-order valence-electron chi connectivity index (χ4n) is 3.83. The van der Waals surface area contributed by atoms with Gasteiger partial charge in [0.25, 0.3) is 10.2 Å². The molecular weight excluding hydrogens is 481 g/mol. The molecule has 0 atom stereocenters. The molecule has 13 heteroatoms. The number of aromatic hydroxyl groups is 1. The second-order valence-electron chi connectivity index (χ2n) is 7.80. The molecule has 10 nitrogen and oxygen atoms in total. The first kappa shape index (κ1) is 22.7. The summed E-state index contributed by atoms with van der Waals surface area (Å²) in [6.07, 6.45) is 4.10. The van der Waals surface area contributed by atoms with Crippen molar-refractivity contribution in [2.45, 2.75) is 6.42 Å². The molecule has 1 aliphatic rings. The Morgan fingerprint density at radius 3 is 2.85 bits per heavy atom. The number of nitrogens with zero attached hydrogens (tertiary/aromatic N) is 6. The van der Waals surface area contributed by atoms with Gasteiger partial charge in [-0.15, -0.1) is 11.3 Å². The van der Waals surface area contributed by atoms with E-state index in [2.05, 4.69) is 20.3 Å². The van der Waals surface area contributed by atoms with Crippen LogP contribution in [-0.2, 0) is 10.2 Å². The number of phenolic OH excluding ortho intramolecular Hbond substituents is 1. The topological polar surface area (TPSA) is 116 Å². The Morgan fingerprint density at radius 1 is 1.24 bits per heavy atom. The summed E-state index contributed by atoms with van der Waals surface area (Å²) in [6, 6.07) is 5.86. The minimum absolute atomic E-state index is 0.400. The number of anilines is 1. The Bertz CT molecular complexity index is 1450. The van der Waals surface area contributed by atoms with Crippen LogP contribution in [0.2, 0.25) is 0 Å². The largest absolute Gasteiger partial charge is 0.505 e. The number of phenols is 1. The van der Waals surface area contributed by atoms with E-state index in [9.17, 15) is 17.9 Å². The zero-order valence-corrected chi connectivity index (χ0v) is 19.9. The van der Waals surface area contributed by atoms with E-state index in [1.165, 1.54) is 32.1 Å². The number of imidazole rings is 1. The zero-order valence-electron chi connectivity index (χ0n) is 18.2. The summed E-state index contributed by atoms with van der Waals surface area (Å²) in [4.78, 5) is 14.3. The molecule has 0 radical (unpaired) electrons. The molecule has 0 saturated carbocycles. The lowest BCUT2D eigenvalue weighted by atomic mass is 10.1. The van der Waals surface area contributed by atoms with Crippen molar-refractivity contribution in [3.05, 3.63) is 47.9 Å². The van der Waals surface area contributed by atoms with Gasteiger partial charge in [-0.1, -0.05) is 0 Å². The van der Waals surface area contributed by atoms with E-state index < -0.39 is 21.8 Å². The maximum Gasteiger partial charge on any atom is 0.281 e. The number of nitrogens with one attached hydrogen (secondary N) is 1. The average molecular weight is 504 g/mol. The molecule has 1 aliphatic heterocycles. The molecule has 4 aromatic rings. The van der Waals surface area contributed by atoms with E-state index in [4.69, 9.17) is 0 Å². The molecule has 0 unspecified atom stereocenters. The summed E-state index contributed by atoms with van der Waals surface area (Å²) < 4.78 is 42.6. The van der Waals surface area contributed by atoms with Crippen molar-refractivity contribution in [1.82, 2.24) is 28.0 Å². The predicted octanol–water partition coefficient (Wildman–Crippen LogP) is 2.66. The van der Waals surface area contributed by atoms with Gasteiger partial charge in [0.2, 0.25) is 5.95 Å². The van der Waals surface area contributed by atoms with Crippen molar-refractivity contribution in [2.24, 2.45) is 0 Å². The summed E-state index contributed by atoms with van der Waals surface area (Å²) in [5.41, 5.74) is 2.43. The number of aromatic nitrogens is 4. The van der Waals surface area contributed by atoms with Crippen molar-refractivity contribution in [2.75, 3.05) is 38.5 Å². The number of likely N-dealkylation sites (N-methyl/N-ethyl adjacent to an activating group) is 1. The first-order valence-corrected chi connectivity index (χ1v) is 12.9. The summed E-state index contributed by atoms with van der Waals surface area (Å²) >= 11 is 1.45. The number of thiazole rings is 1. The lowest BCUT2D eigenvalue weighted by molar-refractivity contribution is 0.432. The van der Waals surface area contributed by atoms with Crippen molar-refractivity contribution in [1.29, 1.82) is 0 Å². The third kappa shape index (κ3) is 4.11. The summed E-state index contributed by atoms with van der Waals surface area (Å²) in [5.74, 6) is -0.749. The SMILES string of the molecule is CN1CCN(CCCNc2nccc(-c3c(-c4ccc(F)c(O)c4)nc4sccn34)n2)S1(=O)=O. The Balaban J connectivity index is 1.37. The van der Waals surface area contributed by atoms with Gasteiger partial charge in [0.1, 0.15) is 5.69 Å². The molecule has 0 aliphatic carbocycles. The van der Waals surface area contributed by atoms with Crippen LogP contribution in [0.3, 0.4) is 0 Å². The van der Waals surface area contributed by atoms with Crippen molar-refractivity contribution < 1.29 is 17.9 Å². The second kappa shape index (κ2) is 8.91. The van der Waals surface area contributed by atoms with Crippen LogP contribution in [0.1, 0.15) is 6.42 Å². The number of hydrogen-bond acceptors (Lipinski definition) is 8. The predicted molar refractivity (Wildman–Crippen MR) is 127 cm³/mol. The van der Waals surface area contributed by atoms with Gasteiger partial charge >= 0.3 is 0 Å². The molecule has 5 rings (SSSR count). The third-order valence-corrected chi connectivity index (χ3v) is 8.38. The van der Waals surface area contributed by atoms with E-state index in [0.717, 1.165) is 4.96 Å². The van der Waals surface area contributed by atoms with E-state index in [-0.39, 0.29) is 0 Å². The first-order valence-electron chi connectivity index (χ1n) is 10.6. The van der Waals surface area contributed by atoms with Crippen molar-refractivity contribution in [3.63, 3.8) is 0 Å². The quantitative estimate of drug-likeness (QED) is 0.373. The van der Waals surface area contributed by atoms with Crippen molar-refractivity contribution >= 4 is 32.5 Å². The lowest BCUT2D eigenvalue weighted by Crippen LogP contribution is -2.32. The minimum atomic E-state index is -3.34. The highest BCUT2D eigenvalue weighted by Crippen LogP contribution is 2.35. The van der Waals surface area contributed by atoms with Gasteiger partial charge in [-0.25, -0.2) is 19.3 Å². The Labute approximate surface area is 199 Å². The number of fused-ring (bicyclic) bond motifs is 1. The monoisotopic (exact) mass is 503 g/mol. The smallest absolute Gasteiger partial charge is 0.281 e. The Kier molecular flexibility index (Phi) is 5.93. The number of halogens is 1. The van der Waals surface area contributed by atoms with Gasteiger partial charge in [-0.05, 0) is 30.7 Å². The van der Waals surface area contributed by atoms with Crippen LogP contribution >= 0.6 is 11.3 Å². The van der Waals surface area contributed by atoms with Crippen molar-refractivity contribution in [3.8, 4) is 28.4 Å². The molecule has 1 aromatic carbocycles. The van der Waals surface area contributed by atoms with Crippen LogP contribution in [0.4, 0.5) is 10.3 Å². The standard InChI is InChI=1S/C21H22FN7O3S2/c1-27-9-10-28(34(27,31)32)8-2-6-23-20-24-7-5-16(25-20)19-18(26-21-29(19)11-12-33-21)14-3-4-15(22)17(30)13-14/h3-5,7,11-13,30H,2,6,8-10H2,1H3,(H,23,24,25). The van der Waals surface area contributed by atoms with E-state index in [0.29, 0.717) is 61.2 Å². The zero-order chi connectivity index (χ0) is 23.9. The molecule has 2 N–H and O–H groups in total. The van der Waals surface area contributed by atoms with E-state index in [1.807, 2.05) is 16.0 Å². The van der Waals surface area contributed by atoms with Gasteiger partial charge in [0.05, 0.1) is 11.4 Å². The lowest BCUT2D eigenvalue weighted by Gasteiger charge is -2.15. The van der Waals surface area contributed by atoms with Gasteiger partial charge in [0.15, 0.2) is 16.5 Å². The maximum atomic E-state index is 13.6. The summed E-state index contributed by atoms with van der Waals surface area (Å²) in [5, 5.41) is 14.9. The highest BCUT2D eigenvalue weighted by atomic mass is 32.2. The van der Waals surface area contributed by atoms with Gasteiger partial charge in [-0.2, -0.15) is 17.0 Å². The van der Waals surface area contributed by atoms with Gasteiger partial charge in [-0.3, -0.25) is 4.40 Å². The molecule has 3 aromatic heterocycles. The molecule has 34 heavy (non-hydrogen) atoms. The highest BCUT2D eigenvalue weighted by molar-refractivity contribution is 7.87. The third-order valence-electron chi connectivity index (χ3n) is 5.63. The van der Waals surface area contributed by atoms with E-state index >= 15 is 0 Å². The van der Waals surface area contributed by atoms with Gasteiger partial charge in [0, 0.05) is 56.6 Å². The van der Waals surface area contributed by atoms with Crippen LogP contribution in [-0.4, -0.2) is 74.7 Å². The van der Waals surface area contributed by atoms with Gasteiger partial charge < -0.3 is 10.4 Å². The molecule has 0 bridgehead atoms. The number of hydrogen-bond donors (Lipinski definition) is 2. The Morgan fingerprint density at radius 2 is 2.09 bits per heavy atom. The fourth-order valence-corrected chi connectivity index (χ4v) is 5.92. The van der Waals surface area contributed by atoms with Crippen LogP contribution in [0.15, 0.2) is 42.0 Å². The number of rotatable bonds is 7. The summed E-state index contributed by atoms with van der Waals surface area (Å²) in [6.45, 7) is 1.90. The molecule has 1 saturated heterocycles. The average Bonchev–Trinajstić information content (AvgIpc) is 3.48. The molecular formula is C21H22FN7O3S2. The maximum absolute atomic E-state index is 13.6. The fraction of sp³-hybridized carbons (Fsp3) is 0.286. The number of benzene rings is 1. The van der Waals surface area contributed by atoms with Crippen LogP contribution in [0.5, 0.6) is 5.75 Å². The van der Waals surface area contributed by atoms with E-state index in [1.54, 1.807) is 25.4 Å². The minimum Gasteiger partial charge on any atom is -0.505 e. The van der Waals surface area contributed by atoms with Crippen LogP contribution in [0.25, 0.3) is 27.6 Å². The molecule has 0 spiro atoms. The Hall–Kier alpha value is -3.13. The molecule has 1 fully saturated rings. The van der Waals surface area contributed by atoms with Crippen LogP contribution in [0, 0.1) is 5.82 Å². The second-order valence-corrected chi connectivity index (χ2v) is 10.7. The summed E-state index contributed by atoms with van der Waals surface area (Å²) in [7, 11) is -1.76. The normalized spacial score (nSPS) is 16.4. The molecule has 4 heterocycles. The van der Waals surface area contributed by atoms with Crippen LogP contribution < -0.4 is 5.32 Å². The molecule has 178 valence electrons.